The van der Waals surface area contributed by atoms with Gasteiger partial charge in [-0.3, -0.25) is 0 Å². The molecule has 0 saturated heterocycles. The molecule has 2 aliphatic rings. The zero-order valence-electron chi connectivity index (χ0n) is 9.89. The van der Waals surface area contributed by atoms with Gasteiger partial charge in [0.2, 0.25) is 0 Å². The van der Waals surface area contributed by atoms with Crippen molar-refractivity contribution in [3.8, 4) is 0 Å². The molecule has 17 heavy (non-hydrogen) atoms. The van der Waals surface area contributed by atoms with Crippen LogP contribution in [0.1, 0.15) is 44.9 Å². The Morgan fingerprint density at radius 1 is 1.12 bits per heavy atom. The Balaban J connectivity index is 1.69. The zero-order chi connectivity index (χ0) is 12.5. The average Bonchev–Trinajstić information content (AvgIpc) is 2.23. The predicted octanol–water partition coefficient (Wildman–Crippen LogP) is 2.61. The molecule has 2 saturated carbocycles. The van der Waals surface area contributed by atoms with Gasteiger partial charge in [0.25, 0.3) is 0 Å². The summed E-state index contributed by atoms with van der Waals surface area (Å²) in [6.07, 6.45) is 0.242. The first kappa shape index (κ1) is 13.1. The first-order chi connectivity index (χ1) is 7.89. The standard InChI is InChI=1S/C12H20F3NO/c13-12(14,15)9-2-4-10(5-3-9)16-8-11(17)6-1-7-11/h9-10,16-17H,1-8H2. The lowest BCUT2D eigenvalue weighted by atomic mass is 9.79. The quantitative estimate of drug-likeness (QED) is 0.808. The topological polar surface area (TPSA) is 32.3 Å². The summed E-state index contributed by atoms with van der Waals surface area (Å²) in [5, 5.41) is 13.1. The SMILES string of the molecule is OC1(CNC2CCC(C(F)(F)F)CC2)CCC1. The van der Waals surface area contributed by atoms with E-state index in [1.807, 2.05) is 0 Å². The van der Waals surface area contributed by atoms with Crippen LogP contribution < -0.4 is 5.32 Å². The van der Waals surface area contributed by atoms with Crippen molar-refractivity contribution in [3.05, 3.63) is 0 Å². The fraction of sp³-hybridized carbons (Fsp3) is 1.00. The van der Waals surface area contributed by atoms with Gasteiger partial charge in [0.15, 0.2) is 0 Å². The van der Waals surface area contributed by atoms with Gasteiger partial charge in [0.1, 0.15) is 0 Å². The van der Waals surface area contributed by atoms with Gasteiger partial charge in [0, 0.05) is 12.6 Å². The van der Waals surface area contributed by atoms with Crippen LogP contribution >= 0.6 is 0 Å². The van der Waals surface area contributed by atoms with Gasteiger partial charge in [-0.1, -0.05) is 0 Å². The molecule has 0 aromatic rings. The molecular weight excluding hydrogens is 231 g/mol. The predicted molar refractivity (Wildman–Crippen MR) is 58.6 cm³/mol. The molecule has 5 heteroatoms. The summed E-state index contributed by atoms with van der Waals surface area (Å²) < 4.78 is 37.3. The van der Waals surface area contributed by atoms with Crippen LogP contribution in [-0.2, 0) is 0 Å². The van der Waals surface area contributed by atoms with Crippen LogP contribution in [0.25, 0.3) is 0 Å². The normalized spacial score (nSPS) is 33.2. The van der Waals surface area contributed by atoms with Crippen molar-refractivity contribution in [3.63, 3.8) is 0 Å². The summed E-state index contributed by atoms with van der Waals surface area (Å²) >= 11 is 0. The third-order valence-corrected chi connectivity index (χ3v) is 4.19. The second-order valence-corrected chi connectivity index (χ2v) is 5.55. The Hall–Kier alpha value is -0.290. The van der Waals surface area contributed by atoms with Crippen molar-refractivity contribution in [2.45, 2.75) is 62.8 Å². The Morgan fingerprint density at radius 2 is 1.71 bits per heavy atom. The van der Waals surface area contributed by atoms with E-state index in [4.69, 9.17) is 0 Å². The van der Waals surface area contributed by atoms with Crippen LogP contribution in [0.15, 0.2) is 0 Å². The van der Waals surface area contributed by atoms with E-state index in [-0.39, 0.29) is 18.9 Å². The first-order valence-electron chi connectivity index (χ1n) is 6.42. The molecule has 0 amide bonds. The number of hydrogen-bond acceptors (Lipinski definition) is 2. The molecule has 2 aliphatic carbocycles. The maximum atomic E-state index is 12.4. The minimum Gasteiger partial charge on any atom is -0.389 e. The van der Waals surface area contributed by atoms with Crippen molar-refractivity contribution in [2.24, 2.45) is 5.92 Å². The third-order valence-electron chi connectivity index (χ3n) is 4.19. The minimum absolute atomic E-state index is 0.151. The molecule has 100 valence electrons. The van der Waals surface area contributed by atoms with Crippen LogP contribution in [0.5, 0.6) is 0 Å². The summed E-state index contributed by atoms with van der Waals surface area (Å²) in [4.78, 5) is 0. The van der Waals surface area contributed by atoms with E-state index in [9.17, 15) is 18.3 Å². The summed E-state index contributed by atoms with van der Waals surface area (Å²) in [7, 11) is 0. The number of nitrogens with one attached hydrogen (secondary N) is 1. The Bertz CT molecular complexity index is 255. The van der Waals surface area contributed by atoms with Gasteiger partial charge in [-0.05, 0) is 44.9 Å². The van der Waals surface area contributed by atoms with Crippen LogP contribution in [0.3, 0.4) is 0 Å². The second kappa shape index (κ2) is 4.76. The second-order valence-electron chi connectivity index (χ2n) is 5.55. The Kier molecular flexibility index (Phi) is 3.69. The number of aliphatic hydroxyl groups is 1. The Labute approximate surface area is 99.6 Å². The first-order valence-corrected chi connectivity index (χ1v) is 6.42. The fourth-order valence-corrected chi connectivity index (χ4v) is 2.72. The van der Waals surface area contributed by atoms with Crippen molar-refractivity contribution in [1.29, 1.82) is 0 Å². The largest absolute Gasteiger partial charge is 0.391 e. The van der Waals surface area contributed by atoms with Gasteiger partial charge in [-0.2, -0.15) is 13.2 Å². The molecule has 0 radical (unpaired) electrons. The summed E-state index contributed by atoms with van der Waals surface area (Å²) in [5.41, 5.74) is -0.582. The summed E-state index contributed by atoms with van der Waals surface area (Å²) in [6.45, 7) is 0.536. The smallest absolute Gasteiger partial charge is 0.389 e. The van der Waals surface area contributed by atoms with Gasteiger partial charge in [-0.15, -0.1) is 0 Å². The van der Waals surface area contributed by atoms with E-state index in [2.05, 4.69) is 5.32 Å². The fourth-order valence-electron chi connectivity index (χ4n) is 2.72. The van der Waals surface area contributed by atoms with E-state index < -0.39 is 17.7 Å². The van der Waals surface area contributed by atoms with Crippen molar-refractivity contribution < 1.29 is 18.3 Å². The molecule has 0 aliphatic heterocycles. The number of rotatable bonds is 3. The van der Waals surface area contributed by atoms with Crippen molar-refractivity contribution in [2.75, 3.05) is 6.54 Å². The monoisotopic (exact) mass is 251 g/mol. The van der Waals surface area contributed by atoms with Gasteiger partial charge in [-0.25, -0.2) is 0 Å². The van der Waals surface area contributed by atoms with Gasteiger partial charge in [0.05, 0.1) is 11.5 Å². The summed E-state index contributed by atoms with van der Waals surface area (Å²) in [5.74, 6) is -1.12. The lowest BCUT2D eigenvalue weighted by Crippen LogP contribution is -2.49. The molecule has 0 aromatic carbocycles. The molecular formula is C12H20F3NO. The minimum atomic E-state index is -4.03. The van der Waals surface area contributed by atoms with Crippen molar-refractivity contribution >= 4 is 0 Å². The molecule has 0 unspecified atom stereocenters. The Morgan fingerprint density at radius 3 is 2.12 bits per heavy atom. The van der Waals surface area contributed by atoms with Crippen LogP contribution in [0.2, 0.25) is 0 Å². The highest BCUT2D eigenvalue weighted by Crippen LogP contribution is 2.38. The molecule has 0 heterocycles. The number of alkyl halides is 3. The molecule has 2 fully saturated rings. The molecule has 0 spiro atoms. The third kappa shape index (κ3) is 3.35. The van der Waals surface area contributed by atoms with Crippen LogP contribution in [0, 0.1) is 5.92 Å². The highest BCUT2D eigenvalue weighted by atomic mass is 19.4. The zero-order valence-corrected chi connectivity index (χ0v) is 9.89. The van der Waals surface area contributed by atoms with E-state index in [0.29, 0.717) is 19.4 Å². The highest BCUT2D eigenvalue weighted by molar-refractivity contribution is 4.91. The van der Waals surface area contributed by atoms with Crippen LogP contribution in [-0.4, -0.2) is 29.5 Å². The number of hydrogen-bond donors (Lipinski definition) is 2. The van der Waals surface area contributed by atoms with E-state index in [1.54, 1.807) is 0 Å². The highest BCUT2D eigenvalue weighted by Gasteiger charge is 2.42. The van der Waals surface area contributed by atoms with E-state index in [1.165, 1.54) is 0 Å². The van der Waals surface area contributed by atoms with Gasteiger partial charge < -0.3 is 10.4 Å². The van der Waals surface area contributed by atoms with Gasteiger partial charge >= 0.3 is 6.18 Å². The average molecular weight is 251 g/mol. The van der Waals surface area contributed by atoms with E-state index in [0.717, 1.165) is 19.3 Å². The molecule has 2 rings (SSSR count). The van der Waals surface area contributed by atoms with Crippen molar-refractivity contribution in [1.82, 2.24) is 5.32 Å². The maximum Gasteiger partial charge on any atom is 0.391 e. The molecule has 2 nitrogen and oxygen atoms in total. The molecule has 0 atom stereocenters. The summed E-state index contributed by atoms with van der Waals surface area (Å²) in [6, 6.07) is 0.151. The lowest BCUT2D eigenvalue weighted by Gasteiger charge is -2.39. The molecule has 2 N–H and O–H groups in total. The maximum absolute atomic E-state index is 12.4. The molecule has 0 aromatic heterocycles. The number of halogens is 3. The molecule has 0 bridgehead atoms. The lowest BCUT2D eigenvalue weighted by molar-refractivity contribution is -0.183. The van der Waals surface area contributed by atoms with E-state index >= 15 is 0 Å². The van der Waals surface area contributed by atoms with Crippen LogP contribution in [0.4, 0.5) is 13.2 Å².